The van der Waals surface area contributed by atoms with Gasteiger partial charge in [0.25, 0.3) is 11.8 Å². The molecule has 0 radical (unpaired) electrons. The van der Waals surface area contributed by atoms with Crippen molar-refractivity contribution in [3.8, 4) is 11.1 Å². The third kappa shape index (κ3) is 4.44. The number of hydrogen-bond donors (Lipinski definition) is 1. The molecule has 1 fully saturated rings. The number of rotatable bonds is 4. The molecule has 1 saturated heterocycles. The Morgan fingerprint density at radius 2 is 1.64 bits per heavy atom. The highest BCUT2D eigenvalue weighted by Crippen LogP contribution is 2.31. The molecule has 7 nitrogen and oxygen atoms in total. The van der Waals surface area contributed by atoms with Crippen molar-refractivity contribution >= 4 is 40.9 Å². The Morgan fingerprint density at radius 1 is 0.944 bits per heavy atom. The van der Waals surface area contributed by atoms with Crippen molar-refractivity contribution < 1.29 is 14.4 Å². The molecule has 0 aliphatic carbocycles. The van der Waals surface area contributed by atoms with Gasteiger partial charge in [-0.15, -0.1) is 11.8 Å². The van der Waals surface area contributed by atoms with E-state index < -0.39 is 6.04 Å². The van der Waals surface area contributed by atoms with Gasteiger partial charge in [-0.3, -0.25) is 14.4 Å². The maximum Gasteiger partial charge on any atom is 0.256 e. The van der Waals surface area contributed by atoms with Crippen molar-refractivity contribution in [2.45, 2.75) is 10.9 Å². The standard InChI is InChI=1S/C28H28N4O3S/c1-30(2)21-9-4-19(5-10-21)27(34)31-14-15-32-25(17-31)26(33)29-24-13-8-20(16-23(24)28(32)35)18-6-11-22(36-3)12-7-18/h4-13,16,25H,14-15,17H2,1-3H3,(H,29,33). The zero-order valence-electron chi connectivity index (χ0n) is 20.5. The predicted molar refractivity (Wildman–Crippen MR) is 144 cm³/mol. The molecule has 1 atom stereocenters. The van der Waals surface area contributed by atoms with E-state index in [2.05, 4.69) is 17.4 Å². The van der Waals surface area contributed by atoms with Crippen LogP contribution in [0.25, 0.3) is 11.1 Å². The van der Waals surface area contributed by atoms with Crippen LogP contribution in [0, 0.1) is 0 Å². The molecule has 5 rings (SSSR count). The van der Waals surface area contributed by atoms with E-state index in [4.69, 9.17) is 0 Å². The summed E-state index contributed by atoms with van der Waals surface area (Å²) in [6.45, 7) is 0.822. The summed E-state index contributed by atoms with van der Waals surface area (Å²) in [5, 5.41) is 2.92. The second-order valence-electron chi connectivity index (χ2n) is 9.18. The van der Waals surface area contributed by atoms with Gasteiger partial charge in [0.05, 0.1) is 17.8 Å². The van der Waals surface area contributed by atoms with Crippen LogP contribution in [0.5, 0.6) is 0 Å². The largest absolute Gasteiger partial charge is 0.378 e. The summed E-state index contributed by atoms with van der Waals surface area (Å²) in [4.78, 5) is 46.3. The third-order valence-electron chi connectivity index (χ3n) is 6.79. The third-order valence-corrected chi connectivity index (χ3v) is 7.54. The van der Waals surface area contributed by atoms with Crippen LogP contribution in [-0.4, -0.2) is 73.5 Å². The molecule has 1 unspecified atom stereocenters. The first-order chi connectivity index (χ1) is 17.4. The van der Waals surface area contributed by atoms with Crippen molar-refractivity contribution in [3.63, 3.8) is 0 Å². The number of amides is 3. The van der Waals surface area contributed by atoms with Crippen LogP contribution < -0.4 is 10.2 Å². The van der Waals surface area contributed by atoms with Gasteiger partial charge >= 0.3 is 0 Å². The number of fused-ring (bicyclic) bond motifs is 2. The number of carbonyl (C=O) groups excluding carboxylic acids is 3. The maximum atomic E-state index is 13.6. The van der Waals surface area contributed by atoms with Gasteiger partial charge in [-0.1, -0.05) is 18.2 Å². The lowest BCUT2D eigenvalue weighted by molar-refractivity contribution is -0.121. The SMILES string of the molecule is CSc1ccc(-c2ccc3c(c2)C(=O)N2CCN(C(=O)c4ccc(N(C)C)cc4)CC2C(=O)N3)cc1. The van der Waals surface area contributed by atoms with E-state index in [1.165, 1.54) is 4.90 Å². The summed E-state index contributed by atoms with van der Waals surface area (Å²) >= 11 is 1.68. The molecule has 184 valence electrons. The lowest BCUT2D eigenvalue weighted by Gasteiger charge is -2.39. The Morgan fingerprint density at radius 3 is 2.31 bits per heavy atom. The average molecular weight is 501 g/mol. The second kappa shape index (κ2) is 9.70. The maximum absolute atomic E-state index is 13.6. The number of nitrogens with one attached hydrogen (secondary N) is 1. The second-order valence-corrected chi connectivity index (χ2v) is 10.1. The number of nitrogens with zero attached hydrogens (tertiary/aromatic N) is 3. The van der Waals surface area contributed by atoms with Gasteiger partial charge in [-0.2, -0.15) is 0 Å². The van der Waals surface area contributed by atoms with Crippen molar-refractivity contribution in [1.82, 2.24) is 9.80 Å². The van der Waals surface area contributed by atoms with E-state index in [0.29, 0.717) is 29.9 Å². The molecule has 0 bridgehead atoms. The molecule has 2 heterocycles. The Bertz CT molecular complexity index is 1320. The molecule has 3 aromatic rings. The number of benzene rings is 3. The highest BCUT2D eigenvalue weighted by atomic mass is 32.2. The molecule has 3 amide bonds. The van der Waals surface area contributed by atoms with Gasteiger partial charge < -0.3 is 20.0 Å². The molecule has 0 aromatic heterocycles. The minimum Gasteiger partial charge on any atom is -0.378 e. The first kappa shape index (κ1) is 23.9. The van der Waals surface area contributed by atoms with Crippen molar-refractivity contribution in [3.05, 3.63) is 77.9 Å². The van der Waals surface area contributed by atoms with E-state index in [-0.39, 0.29) is 24.3 Å². The van der Waals surface area contributed by atoms with Gasteiger partial charge in [0.15, 0.2) is 0 Å². The van der Waals surface area contributed by atoms with Gasteiger partial charge in [-0.05, 0) is 65.9 Å². The number of carbonyl (C=O) groups is 3. The fraction of sp³-hybridized carbons (Fsp3) is 0.250. The van der Waals surface area contributed by atoms with E-state index >= 15 is 0 Å². The fourth-order valence-corrected chi connectivity index (χ4v) is 5.09. The summed E-state index contributed by atoms with van der Waals surface area (Å²) in [6, 6.07) is 20.4. The molecular formula is C28H28N4O3S. The highest BCUT2D eigenvalue weighted by Gasteiger charge is 2.40. The monoisotopic (exact) mass is 500 g/mol. The van der Waals surface area contributed by atoms with Crippen molar-refractivity contribution in [2.75, 3.05) is 50.2 Å². The Hall–Kier alpha value is -3.78. The smallest absolute Gasteiger partial charge is 0.256 e. The van der Waals surface area contributed by atoms with E-state index in [1.54, 1.807) is 39.8 Å². The lowest BCUT2D eigenvalue weighted by atomic mass is 10.0. The van der Waals surface area contributed by atoms with Crippen LogP contribution in [0.4, 0.5) is 11.4 Å². The van der Waals surface area contributed by atoms with Crippen LogP contribution in [-0.2, 0) is 4.79 Å². The number of piperazine rings is 1. The Kier molecular flexibility index (Phi) is 6.45. The molecule has 1 N–H and O–H groups in total. The molecule has 8 heteroatoms. The lowest BCUT2D eigenvalue weighted by Crippen LogP contribution is -2.59. The minimum atomic E-state index is -0.743. The summed E-state index contributed by atoms with van der Waals surface area (Å²) in [7, 11) is 3.89. The van der Waals surface area contributed by atoms with Crippen LogP contribution in [0.3, 0.4) is 0 Å². The van der Waals surface area contributed by atoms with Crippen LogP contribution in [0.2, 0.25) is 0 Å². The van der Waals surface area contributed by atoms with Gasteiger partial charge in [0.2, 0.25) is 5.91 Å². The summed E-state index contributed by atoms with van der Waals surface area (Å²) < 4.78 is 0. The molecule has 2 aliphatic rings. The molecule has 36 heavy (non-hydrogen) atoms. The van der Waals surface area contributed by atoms with Gasteiger partial charge in [-0.25, -0.2) is 0 Å². The average Bonchev–Trinajstić information content (AvgIpc) is 3.01. The molecule has 0 spiro atoms. The van der Waals surface area contributed by atoms with Crippen LogP contribution >= 0.6 is 11.8 Å². The zero-order chi connectivity index (χ0) is 25.4. The fourth-order valence-electron chi connectivity index (χ4n) is 4.68. The van der Waals surface area contributed by atoms with Crippen LogP contribution in [0.1, 0.15) is 20.7 Å². The van der Waals surface area contributed by atoms with Crippen LogP contribution in [0.15, 0.2) is 71.6 Å². The summed E-state index contributed by atoms with van der Waals surface area (Å²) in [5.74, 6) is -0.615. The van der Waals surface area contributed by atoms with Gasteiger partial charge in [0.1, 0.15) is 6.04 Å². The number of thioether (sulfide) groups is 1. The molecule has 2 aliphatic heterocycles. The Labute approximate surface area is 215 Å². The molecular weight excluding hydrogens is 472 g/mol. The first-order valence-corrected chi connectivity index (χ1v) is 13.0. The summed E-state index contributed by atoms with van der Waals surface area (Å²) in [5.41, 5.74) is 4.46. The molecule has 0 saturated carbocycles. The van der Waals surface area contributed by atoms with E-state index in [9.17, 15) is 14.4 Å². The van der Waals surface area contributed by atoms with E-state index in [0.717, 1.165) is 16.8 Å². The number of anilines is 2. The highest BCUT2D eigenvalue weighted by molar-refractivity contribution is 7.98. The topological polar surface area (TPSA) is 73.0 Å². The summed E-state index contributed by atoms with van der Waals surface area (Å²) in [6.07, 6.45) is 2.03. The zero-order valence-corrected chi connectivity index (χ0v) is 21.3. The number of hydrogen-bond acceptors (Lipinski definition) is 5. The quantitative estimate of drug-likeness (QED) is 0.547. The van der Waals surface area contributed by atoms with Gasteiger partial charge in [0, 0.05) is 43.3 Å². The first-order valence-electron chi connectivity index (χ1n) is 11.8. The van der Waals surface area contributed by atoms with Crippen molar-refractivity contribution in [1.29, 1.82) is 0 Å². The van der Waals surface area contributed by atoms with E-state index in [1.807, 2.05) is 61.6 Å². The molecule has 3 aromatic carbocycles. The minimum absolute atomic E-state index is 0.141. The predicted octanol–water partition coefficient (Wildman–Crippen LogP) is 4.06. The van der Waals surface area contributed by atoms with Crippen molar-refractivity contribution in [2.24, 2.45) is 0 Å². The Balaban J connectivity index is 1.37. The normalized spacial score (nSPS) is 17.1.